The quantitative estimate of drug-likeness (QED) is 0.926. The number of carbonyl (C=O) groups excluding carboxylic acids is 1. The van der Waals surface area contributed by atoms with E-state index in [1.807, 2.05) is 30.3 Å². The molecule has 0 spiro atoms. The van der Waals surface area contributed by atoms with E-state index in [1.165, 1.54) is 0 Å². The molecule has 22 heavy (non-hydrogen) atoms. The molecule has 4 nitrogen and oxygen atoms in total. The molecule has 0 radical (unpaired) electrons. The number of hydrogen-bond donors (Lipinski definition) is 1. The van der Waals surface area contributed by atoms with E-state index in [0.717, 1.165) is 11.3 Å². The summed E-state index contributed by atoms with van der Waals surface area (Å²) in [7, 11) is 0. The van der Waals surface area contributed by atoms with Crippen LogP contribution in [0, 0.1) is 12.3 Å². The number of nitrogens with zero attached hydrogens (tertiary/aromatic N) is 1. The summed E-state index contributed by atoms with van der Waals surface area (Å²) in [6.45, 7) is 6.75. The van der Waals surface area contributed by atoms with Crippen LogP contribution in [0.3, 0.4) is 0 Å². The van der Waals surface area contributed by atoms with Crippen LogP contribution >= 0.6 is 0 Å². The number of nitrogens with one attached hydrogen (secondary N) is 1. The zero-order valence-electron chi connectivity index (χ0n) is 13.1. The molecule has 1 aliphatic rings. The lowest BCUT2D eigenvalue weighted by molar-refractivity contribution is -0.0323. The highest BCUT2D eigenvalue weighted by Crippen LogP contribution is 2.48. The first-order chi connectivity index (χ1) is 10.4. The lowest BCUT2D eigenvalue weighted by Crippen LogP contribution is -2.58. The summed E-state index contributed by atoms with van der Waals surface area (Å²) in [5.41, 5.74) is 1.76. The molecule has 1 fully saturated rings. The topological polar surface area (TPSA) is 53.2 Å². The van der Waals surface area contributed by atoms with E-state index < -0.39 is 0 Å². The molecule has 3 rings (SSSR count). The van der Waals surface area contributed by atoms with Gasteiger partial charge in [-0.15, -0.1) is 0 Å². The highest BCUT2D eigenvalue weighted by Gasteiger charge is 2.49. The summed E-state index contributed by atoms with van der Waals surface area (Å²) in [4.78, 5) is 29.2. The predicted octanol–water partition coefficient (Wildman–Crippen LogP) is 2.91. The van der Waals surface area contributed by atoms with Crippen LogP contribution in [0.15, 0.2) is 47.3 Å². The van der Waals surface area contributed by atoms with Gasteiger partial charge in [0.05, 0.1) is 6.04 Å². The van der Waals surface area contributed by atoms with Crippen LogP contribution in [0.4, 0.5) is 0 Å². The molecule has 1 aromatic carbocycles. The maximum Gasteiger partial charge on any atom is 0.260 e. The molecule has 1 aliphatic heterocycles. The van der Waals surface area contributed by atoms with Crippen molar-refractivity contribution in [2.45, 2.75) is 26.8 Å². The second kappa shape index (κ2) is 5.13. The summed E-state index contributed by atoms with van der Waals surface area (Å²) in [6.07, 6.45) is 0. The second-order valence-electron chi connectivity index (χ2n) is 6.62. The fraction of sp³-hybridized carbons (Fsp3) is 0.333. The molecular formula is C18H20N2O2. The molecule has 1 amide bonds. The van der Waals surface area contributed by atoms with Crippen molar-refractivity contribution in [1.82, 2.24) is 9.88 Å². The molecule has 4 heteroatoms. The van der Waals surface area contributed by atoms with E-state index in [2.05, 4.69) is 18.8 Å². The van der Waals surface area contributed by atoms with Crippen molar-refractivity contribution in [1.29, 1.82) is 0 Å². The number of amides is 1. The van der Waals surface area contributed by atoms with Crippen molar-refractivity contribution >= 4 is 5.91 Å². The Morgan fingerprint density at radius 1 is 1.18 bits per heavy atom. The number of aromatic nitrogens is 1. The van der Waals surface area contributed by atoms with Crippen LogP contribution < -0.4 is 5.56 Å². The number of H-pyrrole nitrogens is 1. The largest absolute Gasteiger partial charge is 0.330 e. The summed E-state index contributed by atoms with van der Waals surface area (Å²) in [5, 5.41) is 0. The molecule has 1 N–H and O–H groups in total. The summed E-state index contributed by atoms with van der Waals surface area (Å²) >= 11 is 0. The third-order valence-electron chi connectivity index (χ3n) is 4.29. The van der Waals surface area contributed by atoms with Gasteiger partial charge in [-0.1, -0.05) is 44.2 Å². The van der Waals surface area contributed by atoms with Gasteiger partial charge >= 0.3 is 0 Å². The molecule has 0 aliphatic carbocycles. The summed E-state index contributed by atoms with van der Waals surface area (Å²) in [6, 6.07) is 13.4. The average Bonchev–Trinajstić information content (AvgIpc) is 2.45. The lowest BCUT2D eigenvalue weighted by Gasteiger charge is -2.54. The number of pyridine rings is 1. The molecular weight excluding hydrogens is 276 g/mol. The Bertz CT molecular complexity index is 762. The Labute approximate surface area is 129 Å². The van der Waals surface area contributed by atoms with Crippen molar-refractivity contribution in [3.05, 3.63) is 69.6 Å². The maximum atomic E-state index is 12.7. The minimum absolute atomic E-state index is 0.00176. The van der Waals surface area contributed by atoms with Crippen LogP contribution in [0.5, 0.6) is 0 Å². The molecule has 114 valence electrons. The van der Waals surface area contributed by atoms with Crippen LogP contribution in [-0.4, -0.2) is 22.3 Å². The summed E-state index contributed by atoms with van der Waals surface area (Å²) in [5.74, 6) is -0.200. The Morgan fingerprint density at radius 3 is 2.45 bits per heavy atom. The van der Waals surface area contributed by atoms with E-state index in [0.29, 0.717) is 6.54 Å². The molecule has 2 aromatic rings. The monoisotopic (exact) mass is 296 g/mol. The Morgan fingerprint density at radius 2 is 1.86 bits per heavy atom. The highest BCUT2D eigenvalue weighted by molar-refractivity contribution is 5.94. The molecule has 2 heterocycles. The van der Waals surface area contributed by atoms with Crippen LogP contribution in [-0.2, 0) is 0 Å². The molecule has 1 aromatic heterocycles. The fourth-order valence-electron chi connectivity index (χ4n) is 3.28. The first-order valence-electron chi connectivity index (χ1n) is 7.46. The molecule has 0 bridgehead atoms. The number of carbonyl (C=O) groups is 1. The predicted molar refractivity (Wildman–Crippen MR) is 85.8 cm³/mol. The van der Waals surface area contributed by atoms with Gasteiger partial charge in [0.15, 0.2) is 0 Å². The first-order valence-corrected chi connectivity index (χ1v) is 7.46. The second-order valence-corrected chi connectivity index (χ2v) is 6.62. The zero-order valence-corrected chi connectivity index (χ0v) is 13.1. The first kappa shape index (κ1) is 14.6. The number of aryl methyl sites for hydroxylation is 1. The molecule has 0 saturated carbocycles. The van der Waals surface area contributed by atoms with E-state index in [1.54, 1.807) is 24.0 Å². The third kappa shape index (κ3) is 2.34. The standard InChI is InChI=1S/C18H20N2O2/c1-12-9-10-14(16(21)19-12)17(22)20-11-18(2,3)15(20)13-7-5-4-6-8-13/h4-10,15H,11H2,1-3H3,(H,19,21). The van der Waals surface area contributed by atoms with Crippen molar-refractivity contribution in [3.8, 4) is 0 Å². The van der Waals surface area contributed by atoms with Crippen LogP contribution in [0.25, 0.3) is 0 Å². The van der Waals surface area contributed by atoms with Crippen molar-refractivity contribution in [2.75, 3.05) is 6.54 Å². The average molecular weight is 296 g/mol. The minimum Gasteiger partial charge on any atom is -0.330 e. The fourth-order valence-corrected chi connectivity index (χ4v) is 3.28. The lowest BCUT2D eigenvalue weighted by atomic mass is 9.71. The van der Waals surface area contributed by atoms with Gasteiger partial charge in [0.1, 0.15) is 5.56 Å². The van der Waals surface area contributed by atoms with Crippen molar-refractivity contribution in [3.63, 3.8) is 0 Å². The number of aromatic amines is 1. The maximum absolute atomic E-state index is 12.7. The smallest absolute Gasteiger partial charge is 0.260 e. The zero-order chi connectivity index (χ0) is 15.9. The number of rotatable bonds is 2. The van der Waals surface area contributed by atoms with Gasteiger partial charge in [-0.05, 0) is 24.6 Å². The van der Waals surface area contributed by atoms with Gasteiger partial charge in [0.25, 0.3) is 11.5 Å². The Hall–Kier alpha value is -2.36. The van der Waals surface area contributed by atoms with Gasteiger partial charge in [-0.2, -0.15) is 0 Å². The third-order valence-corrected chi connectivity index (χ3v) is 4.29. The van der Waals surface area contributed by atoms with Gasteiger partial charge in [-0.3, -0.25) is 9.59 Å². The highest BCUT2D eigenvalue weighted by atomic mass is 16.2. The molecule has 1 unspecified atom stereocenters. The van der Waals surface area contributed by atoms with Crippen molar-refractivity contribution in [2.24, 2.45) is 5.41 Å². The number of hydrogen-bond acceptors (Lipinski definition) is 2. The van der Waals surface area contributed by atoms with Crippen molar-refractivity contribution < 1.29 is 4.79 Å². The van der Waals surface area contributed by atoms with E-state index >= 15 is 0 Å². The van der Waals surface area contributed by atoms with E-state index in [4.69, 9.17) is 0 Å². The minimum atomic E-state index is -0.318. The number of benzene rings is 1. The van der Waals surface area contributed by atoms with E-state index in [9.17, 15) is 9.59 Å². The SMILES string of the molecule is Cc1ccc(C(=O)N2CC(C)(C)C2c2ccccc2)c(=O)[nH]1. The molecule has 1 atom stereocenters. The van der Waals surface area contributed by atoms with Gasteiger partial charge in [-0.25, -0.2) is 0 Å². The Kier molecular flexibility index (Phi) is 3.39. The normalized spacial score (nSPS) is 19.6. The number of likely N-dealkylation sites (tertiary alicyclic amines) is 1. The van der Waals surface area contributed by atoms with Gasteiger partial charge in [0.2, 0.25) is 0 Å². The summed E-state index contributed by atoms with van der Waals surface area (Å²) < 4.78 is 0. The van der Waals surface area contributed by atoms with Crippen LogP contribution in [0.1, 0.15) is 41.5 Å². The van der Waals surface area contributed by atoms with E-state index in [-0.39, 0.29) is 28.5 Å². The molecule has 1 saturated heterocycles. The van der Waals surface area contributed by atoms with Gasteiger partial charge in [0, 0.05) is 17.7 Å². The van der Waals surface area contributed by atoms with Crippen LogP contribution in [0.2, 0.25) is 0 Å². The Balaban J connectivity index is 1.95. The van der Waals surface area contributed by atoms with Gasteiger partial charge < -0.3 is 9.88 Å².